The lowest BCUT2D eigenvalue weighted by molar-refractivity contribution is 0.414. The summed E-state index contributed by atoms with van der Waals surface area (Å²) in [5.41, 5.74) is 1.41. The summed E-state index contributed by atoms with van der Waals surface area (Å²) in [7, 11) is -1.69. The number of ether oxygens (including phenoxy) is 1. The molecule has 0 spiro atoms. The van der Waals surface area contributed by atoms with Crippen LogP contribution < -0.4 is 4.74 Å². The molecule has 0 aliphatic carbocycles. The Labute approximate surface area is 124 Å². The number of methoxy groups -OCH3 is 1. The molecule has 0 amide bonds. The topological polar surface area (TPSA) is 43.4 Å². The van der Waals surface area contributed by atoms with Crippen molar-refractivity contribution in [2.24, 2.45) is 0 Å². The van der Waals surface area contributed by atoms with E-state index in [9.17, 15) is 8.42 Å². The van der Waals surface area contributed by atoms with E-state index in [0.29, 0.717) is 21.9 Å². The maximum Gasteiger partial charge on any atom is 0.158 e. The van der Waals surface area contributed by atoms with Crippen LogP contribution in [0.25, 0.3) is 0 Å². The molecule has 0 aromatic heterocycles. The van der Waals surface area contributed by atoms with Gasteiger partial charge in [-0.15, -0.1) is 0 Å². The van der Waals surface area contributed by atoms with Crippen LogP contribution in [0.5, 0.6) is 5.75 Å². The summed E-state index contributed by atoms with van der Waals surface area (Å²) in [6, 6.07) is 14.0. The lowest BCUT2D eigenvalue weighted by Crippen LogP contribution is -2.07. The molecule has 0 aliphatic rings. The SMILES string of the molecule is COc1cccc(CS(=O)(=O)Cc2cccc(Cl)c2)c1. The quantitative estimate of drug-likeness (QED) is 0.849. The highest BCUT2D eigenvalue weighted by Crippen LogP contribution is 2.18. The van der Waals surface area contributed by atoms with Gasteiger partial charge in [0.2, 0.25) is 0 Å². The molecule has 0 N–H and O–H groups in total. The molecule has 0 aliphatic heterocycles. The van der Waals surface area contributed by atoms with Crippen LogP contribution in [0.15, 0.2) is 48.5 Å². The highest BCUT2D eigenvalue weighted by molar-refractivity contribution is 7.89. The van der Waals surface area contributed by atoms with E-state index in [4.69, 9.17) is 16.3 Å². The summed E-state index contributed by atoms with van der Waals surface area (Å²) in [6.07, 6.45) is 0. The van der Waals surface area contributed by atoms with Gasteiger partial charge < -0.3 is 4.74 Å². The van der Waals surface area contributed by atoms with Gasteiger partial charge >= 0.3 is 0 Å². The second kappa shape index (κ2) is 6.29. The van der Waals surface area contributed by atoms with Gasteiger partial charge in [-0.05, 0) is 35.4 Å². The van der Waals surface area contributed by atoms with Crippen molar-refractivity contribution in [1.29, 1.82) is 0 Å². The third kappa shape index (κ3) is 4.25. The van der Waals surface area contributed by atoms with Crippen molar-refractivity contribution in [3.05, 3.63) is 64.7 Å². The van der Waals surface area contributed by atoms with E-state index >= 15 is 0 Å². The largest absolute Gasteiger partial charge is 0.497 e. The van der Waals surface area contributed by atoms with E-state index in [1.54, 1.807) is 55.6 Å². The molecule has 106 valence electrons. The van der Waals surface area contributed by atoms with Crippen molar-refractivity contribution in [1.82, 2.24) is 0 Å². The van der Waals surface area contributed by atoms with Gasteiger partial charge in [-0.3, -0.25) is 0 Å². The molecule has 0 unspecified atom stereocenters. The normalized spacial score (nSPS) is 11.3. The lowest BCUT2D eigenvalue weighted by atomic mass is 10.2. The molecule has 2 aromatic rings. The summed E-state index contributed by atoms with van der Waals surface area (Å²) in [5.74, 6) is 0.613. The monoisotopic (exact) mass is 310 g/mol. The highest BCUT2D eigenvalue weighted by atomic mass is 35.5. The minimum absolute atomic E-state index is 0.0171. The standard InChI is InChI=1S/C15H15ClO3S/c1-19-15-7-3-5-13(9-15)11-20(17,18)10-12-4-2-6-14(16)8-12/h2-9H,10-11H2,1H3. The molecule has 20 heavy (non-hydrogen) atoms. The third-order valence-corrected chi connectivity index (χ3v) is 4.58. The summed E-state index contributed by atoms with van der Waals surface area (Å²) in [6.45, 7) is 0. The lowest BCUT2D eigenvalue weighted by Gasteiger charge is -2.07. The predicted molar refractivity (Wildman–Crippen MR) is 80.8 cm³/mol. The zero-order chi connectivity index (χ0) is 14.6. The first-order valence-electron chi connectivity index (χ1n) is 6.06. The van der Waals surface area contributed by atoms with Crippen LogP contribution in [0, 0.1) is 0 Å². The number of halogens is 1. The summed E-state index contributed by atoms with van der Waals surface area (Å²) in [5, 5.41) is 0.541. The number of benzene rings is 2. The van der Waals surface area contributed by atoms with Crippen LogP contribution in [0.3, 0.4) is 0 Å². The van der Waals surface area contributed by atoms with Gasteiger partial charge in [0.05, 0.1) is 18.6 Å². The fourth-order valence-electron chi connectivity index (χ4n) is 1.95. The minimum atomic E-state index is -3.24. The molecule has 0 saturated heterocycles. The summed E-state index contributed by atoms with van der Waals surface area (Å²) < 4.78 is 29.5. The fraction of sp³-hybridized carbons (Fsp3) is 0.200. The Morgan fingerprint density at radius 2 is 1.60 bits per heavy atom. The average Bonchev–Trinajstić information content (AvgIpc) is 2.37. The van der Waals surface area contributed by atoms with E-state index < -0.39 is 9.84 Å². The first kappa shape index (κ1) is 14.9. The average molecular weight is 311 g/mol. The highest BCUT2D eigenvalue weighted by Gasteiger charge is 2.13. The number of hydrogen-bond acceptors (Lipinski definition) is 3. The molecular formula is C15H15ClO3S. The van der Waals surface area contributed by atoms with Crippen LogP contribution in [-0.2, 0) is 21.3 Å². The van der Waals surface area contributed by atoms with E-state index in [1.165, 1.54) is 0 Å². The zero-order valence-corrected chi connectivity index (χ0v) is 12.6. The molecule has 0 saturated carbocycles. The second-order valence-corrected chi connectivity index (χ2v) is 7.01. The molecule has 3 nitrogen and oxygen atoms in total. The Bertz CT molecular complexity index is 696. The van der Waals surface area contributed by atoms with Crippen LogP contribution in [-0.4, -0.2) is 15.5 Å². The van der Waals surface area contributed by atoms with Gasteiger partial charge in [0.15, 0.2) is 9.84 Å². The van der Waals surface area contributed by atoms with Crippen LogP contribution >= 0.6 is 11.6 Å². The van der Waals surface area contributed by atoms with Gasteiger partial charge in [-0.2, -0.15) is 0 Å². The molecular weight excluding hydrogens is 296 g/mol. The smallest absolute Gasteiger partial charge is 0.158 e. The molecule has 2 aromatic carbocycles. The van der Waals surface area contributed by atoms with Crippen molar-refractivity contribution < 1.29 is 13.2 Å². The van der Waals surface area contributed by atoms with E-state index in [-0.39, 0.29) is 11.5 Å². The van der Waals surface area contributed by atoms with Crippen molar-refractivity contribution >= 4 is 21.4 Å². The predicted octanol–water partition coefficient (Wildman–Crippen LogP) is 3.46. The maximum absolute atomic E-state index is 12.2. The Morgan fingerprint density at radius 3 is 2.20 bits per heavy atom. The van der Waals surface area contributed by atoms with Crippen molar-refractivity contribution in [3.8, 4) is 5.75 Å². The molecule has 5 heteroatoms. The maximum atomic E-state index is 12.2. The fourth-order valence-corrected chi connectivity index (χ4v) is 3.64. The first-order valence-corrected chi connectivity index (χ1v) is 8.26. The van der Waals surface area contributed by atoms with Gasteiger partial charge in [0.1, 0.15) is 5.75 Å². The molecule has 0 bridgehead atoms. The van der Waals surface area contributed by atoms with Crippen molar-refractivity contribution in [3.63, 3.8) is 0 Å². The molecule has 0 heterocycles. The molecule has 0 fully saturated rings. The van der Waals surface area contributed by atoms with Gasteiger partial charge in [0.25, 0.3) is 0 Å². The van der Waals surface area contributed by atoms with Crippen LogP contribution in [0.4, 0.5) is 0 Å². The van der Waals surface area contributed by atoms with Gasteiger partial charge in [-0.25, -0.2) is 8.42 Å². The summed E-state index contributed by atoms with van der Waals surface area (Å²) in [4.78, 5) is 0. The molecule has 2 rings (SSSR count). The zero-order valence-electron chi connectivity index (χ0n) is 11.0. The Hall–Kier alpha value is -1.52. The first-order chi connectivity index (χ1) is 9.48. The number of sulfone groups is 1. The van der Waals surface area contributed by atoms with Gasteiger partial charge in [-0.1, -0.05) is 35.9 Å². The van der Waals surface area contributed by atoms with Crippen LogP contribution in [0.2, 0.25) is 5.02 Å². The number of hydrogen-bond donors (Lipinski definition) is 0. The Kier molecular flexibility index (Phi) is 4.68. The minimum Gasteiger partial charge on any atom is -0.497 e. The van der Waals surface area contributed by atoms with Crippen molar-refractivity contribution in [2.45, 2.75) is 11.5 Å². The molecule has 0 radical (unpaired) electrons. The van der Waals surface area contributed by atoms with E-state index in [1.807, 2.05) is 0 Å². The Morgan fingerprint density at radius 1 is 1.00 bits per heavy atom. The van der Waals surface area contributed by atoms with Gasteiger partial charge in [0, 0.05) is 5.02 Å². The summed E-state index contributed by atoms with van der Waals surface area (Å²) >= 11 is 5.86. The second-order valence-electron chi connectivity index (χ2n) is 4.51. The Balaban J connectivity index is 2.14. The molecule has 0 atom stereocenters. The third-order valence-electron chi connectivity index (χ3n) is 2.80. The van der Waals surface area contributed by atoms with E-state index in [2.05, 4.69) is 0 Å². The number of rotatable bonds is 5. The van der Waals surface area contributed by atoms with E-state index in [0.717, 1.165) is 0 Å². The van der Waals surface area contributed by atoms with Crippen LogP contribution in [0.1, 0.15) is 11.1 Å². The van der Waals surface area contributed by atoms with Crippen molar-refractivity contribution in [2.75, 3.05) is 7.11 Å².